The van der Waals surface area contributed by atoms with Crippen LogP contribution in [0.4, 0.5) is 4.39 Å². The first-order valence-electron chi connectivity index (χ1n) is 4.78. The van der Waals surface area contributed by atoms with Crippen LogP contribution in [-0.4, -0.2) is 23.3 Å². The van der Waals surface area contributed by atoms with Crippen LogP contribution in [0, 0.1) is 5.82 Å². The third-order valence-electron chi connectivity index (χ3n) is 2.27. The van der Waals surface area contributed by atoms with Crippen LogP contribution in [0.5, 0.6) is 5.75 Å². The maximum Gasteiger partial charge on any atom is 0.337 e. The fraction of sp³-hybridized carbons (Fsp3) is 0.364. The molecular formula is C11H13FO4. The lowest BCUT2D eigenvalue weighted by molar-refractivity contribution is -0.147. The molecule has 0 amide bonds. The molecule has 0 aliphatic carbocycles. The summed E-state index contributed by atoms with van der Waals surface area (Å²) >= 11 is 0. The zero-order valence-corrected chi connectivity index (χ0v) is 9.03. The Labute approximate surface area is 92.3 Å². The van der Waals surface area contributed by atoms with Crippen LogP contribution >= 0.6 is 0 Å². The number of aliphatic carboxylic acids is 1. The Hall–Kier alpha value is -1.62. The number of aliphatic hydroxyl groups excluding tert-OH is 1. The van der Waals surface area contributed by atoms with Gasteiger partial charge >= 0.3 is 5.97 Å². The highest BCUT2D eigenvalue weighted by atomic mass is 19.1. The summed E-state index contributed by atoms with van der Waals surface area (Å²) in [6, 6.07) is 2.69. The third-order valence-corrected chi connectivity index (χ3v) is 2.27. The van der Waals surface area contributed by atoms with Crippen LogP contribution in [-0.2, 0) is 11.2 Å². The fourth-order valence-electron chi connectivity index (χ4n) is 1.43. The first-order valence-corrected chi connectivity index (χ1v) is 4.78. The summed E-state index contributed by atoms with van der Waals surface area (Å²) < 4.78 is 18.2. The minimum Gasteiger partial charge on any atom is -0.493 e. The number of methoxy groups -OCH3 is 1. The minimum absolute atomic E-state index is 0.0631. The monoisotopic (exact) mass is 228 g/mol. The lowest BCUT2D eigenvalue weighted by Crippen LogP contribution is -2.13. The molecule has 2 N–H and O–H groups in total. The van der Waals surface area contributed by atoms with Crippen molar-refractivity contribution in [3.8, 4) is 5.75 Å². The molecule has 1 aromatic rings. The van der Waals surface area contributed by atoms with Gasteiger partial charge in [0, 0.05) is 5.56 Å². The number of aliphatic hydroxyl groups is 1. The van der Waals surface area contributed by atoms with E-state index in [0.717, 1.165) is 0 Å². The molecule has 1 aromatic carbocycles. The first kappa shape index (κ1) is 12.4. The molecule has 0 aliphatic heterocycles. The van der Waals surface area contributed by atoms with Gasteiger partial charge in [-0.05, 0) is 24.1 Å². The van der Waals surface area contributed by atoms with E-state index in [9.17, 15) is 14.3 Å². The molecule has 1 unspecified atom stereocenters. The van der Waals surface area contributed by atoms with Crippen LogP contribution in [0.25, 0.3) is 0 Å². The van der Waals surface area contributed by atoms with Crippen LogP contribution in [0.3, 0.4) is 0 Å². The second-order valence-corrected chi connectivity index (χ2v) is 3.29. The van der Waals surface area contributed by atoms with E-state index in [-0.39, 0.29) is 11.3 Å². The van der Waals surface area contributed by atoms with Gasteiger partial charge in [0.2, 0.25) is 0 Å². The van der Waals surface area contributed by atoms with E-state index >= 15 is 0 Å². The van der Waals surface area contributed by atoms with Gasteiger partial charge in [0.05, 0.1) is 7.11 Å². The van der Waals surface area contributed by atoms with E-state index in [2.05, 4.69) is 0 Å². The number of aryl methyl sites for hydroxylation is 1. The Bertz CT molecular complexity index is 403. The highest BCUT2D eigenvalue weighted by Crippen LogP contribution is 2.30. The molecular weight excluding hydrogens is 215 g/mol. The maximum absolute atomic E-state index is 13.5. The normalized spacial score (nSPS) is 12.2. The van der Waals surface area contributed by atoms with Gasteiger partial charge in [-0.3, -0.25) is 0 Å². The predicted molar refractivity (Wildman–Crippen MR) is 54.9 cm³/mol. The van der Waals surface area contributed by atoms with Gasteiger partial charge in [0.15, 0.2) is 17.7 Å². The molecule has 0 bridgehead atoms. The van der Waals surface area contributed by atoms with Crippen LogP contribution in [0.15, 0.2) is 12.1 Å². The highest BCUT2D eigenvalue weighted by Gasteiger charge is 2.23. The first-order chi connectivity index (χ1) is 7.51. The molecule has 0 heterocycles. The molecule has 0 aliphatic rings. The molecule has 0 aromatic heterocycles. The molecule has 4 nitrogen and oxygen atoms in total. The van der Waals surface area contributed by atoms with Crippen molar-refractivity contribution in [1.29, 1.82) is 0 Å². The Balaban J connectivity index is 3.33. The van der Waals surface area contributed by atoms with Crippen LogP contribution in [0.1, 0.15) is 24.2 Å². The molecule has 1 rings (SSSR count). The van der Waals surface area contributed by atoms with Crippen molar-refractivity contribution in [3.05, 3.63) is 29.1 Å². The molecule has 0 saturated heterocycles. The lowest BCUT2D eigenvalue weighted by Gasteiger charge is -2.13. The molecule has 5 heteroatoms. The number of benzene rings is 1. The molecule has 1 atom stereocenters. The number of carboxylic acid groups (broad SMARTS) is 1. The standard InChI is InChI=1S/C11H13FO4/c1-3-6-4-7(9(13)11(14)15)10(16-2)8(12)5-6/h4-5,9,13H,3H2,1-2H3,(H,14,15). The van der Waals surface area contributed by atoms with Crippen molar-refractivity contribution in [2.24, 2.45) is 0 Å². The zero-order chi connectivity index (χ0) is 12.3. The van der Waals surface area contributed by atoms with Crippen LogP contribution in [0.2, 0.25) is 0 Å². The summed E-state index contributed by atoms with van der Waals surface area (Å²) in [5.74, 6) is -2.34. The molecule has 0 saturated carbocycles. The number of ether oxygens (including phenoxy) is 1. The minimum atomic E-state index is -1.78. The average molecular weight is 228 g/mol. The lowest BCUT2D eigenvalue weighted by atomic mass is 10.0. The second kappa shape index (κ2) is 4.94. The topological polar surface area (TPSA) is 66.8 Å². The van der Waals surface area contributed by atoms with E-state index < -0.39 is 17.9 Å². The molecule has 0 fully saturated rings. The summed E-state index contributed by atoms with van der Waals surface area (Å²) in [7, 11) is 1.22. The highest BCUT2D eigenvalue weighted by molar-refractivity contribution is 5.75. The number of carbonyl (C=O) groups is 1. The van der Waals surface area contributed by atoms with Gasteiger partial charge in [-0.25, -0.2) is 9.18 Å². The van der Waals surface area contributed by atoms with E-state index in [0.29, 0.717) is 12.0 Å². The van der Waals surface area contributed by atoms with Gasteiger partial charge in [-0.2, -0.15) is 0 Å². The molecule has 16 heavy (non-hydrogen) atoms. The summed E-state index contributed by atoms with van der Waals surface area (Å²) in [5.41, 5.74) is 0.542. The summed E-state index contributed by atoms with van der Waals surface area (Å²) in [4.78, 5) is 10.7. The van der Waals surface area contributed by atoms with Crippen LogP contribution < -0.4 is 4.74 Å². The van der Waals surface area contributed by atoms with E-state index in [4.69, 9.17) is 9.84 Å². The van der Waals surface area contributed by atoms with Gasteiger partial charge in [0.1, 0.15) is 0 Å². The predicted octanol–water partition coefficient (Wildman–Crippen LogP) is 1.51. The second-order valence-electron chi connectivity index (χ2n) is 3.29. The van der Waals surface area contributed by atoms with Crippen molar-refractivity contribution in [2.75, 3.05) is 7.11 Å². The van der Waals surface area contributed by atoms with Crippen molar-refractivity contribution in [2.45, 2.75) is 19.4 Å². The third kappa shape index (κ3) is 2.30. The number of carboxylic acids is 1. The summed E-state index contributed by atoms with van der Waals surface area (Å²) in [5, 5.41) is 18.1. The van der Waals surface area contributed by atoms with Crippen molar-refractivity contribution in [1.82, 2.24) is 0 Å². The fourth-order valence-corrected chi connectivity index (χ4v) is 1.43. The Morgan fingerprint density at radius 1 is 1.56 bits per heavy atom. The molecule has 0 radical (unpaired) electrons. The number of rotatable bonds is 4. The summed E-state index contributed by atoms with van der Waals surface area (Å²) in [6.45, 7) is 1.80. The Morgan fingerprint density at radius 2 is 2.19 bits per heavy atom. The molecule has 88 valence electrons. The number of halogens is 1. The van der Waals surface area contributed by atoms with Gasteiger partial charge in [0.25, 0.3) is 0 Å². The van der Waals surface area contributed by atoms with Crippen molar-refractivity contribution >= 4 is 5.97 Å². The zero-order valence-electron chi connectivity index (χ0n) is 9.03. The van der Waals surface area contributed by atoms with E-state index in [1.54, 1.807) is 6.92 Å². The molecule has 0 spiro atoms. The van der Waals surface area contributed by atoms with E-state index in [1.807, 2.05) is 0 Å². The van der Waals surface area contributed by atoms with Crippen molar-refractivity contribution in [3.63, 3.8) is 0 Å². The largest absolute Gasteiger partial charge is 0.493 e. The van der Waals surface area contributed by atoms with E-state index in [1.165, 1.54) is 19.2 Å². The SMILES string of the molecule is CCc1cc(F)c(OC)c(C(O)C(=O)O)c1. The summed E-state index contributed by atoms with van der Waals surface area (Å²) in [6.07, 6.45) is -1.24. The van der Waals surface area contributed by atoms with Gasteiger partial charge < -0.3 is 14.9 Å². The Morgan fingerprint density at radius 3 is 2.62 bits per heavy atom. The van der Waals surface area contributed by atoms with Crippen molar-refractivity contribution < 1.29 is 24.1 Å². The quantitative estimate of drug-likeness (QED) is 0.819. The van der Waals surface area contributed by atoms with Gasteiger partial charge in [-0.15, -0.1) is 0 Å². The maximum atomic E-state index is 13.5. The Kier molecular flexibility index (Phi) is 3.84. The average Bonchev–Trinajstić information content (AvgIpc) is 2.26. The van der Waals surface area contributed by atoms with Gasteiger partial charge in [-0.1, -0.05) is 6.92 Å². The number of hydrogen-bond acceptors (Lipinski definition) is 3. The number of hydrogen-bond donors (Lipinski definition) is 2. The smallest absolute Gasteiger partial charge is 0.337 e.